The molecule has 2 aromatic carbocycles. The first kappa shape index (κ1) is 12.7. The molecule has 1 aliphatic rings. The van der Waals surface area contributed by atoms with Crippen molar-refractivity contribution in [2.24, 2.45) is 0 Å². The zero-order valence-corrected chi connectivity index (χ0v) is 11.3. The van der Waals surface area contributed by atoms with E-state index in [0.717, 1.165) is 5.69 Å². The lowest BCUT2D eigenvalue weighted by Crippen LogP contribution is -2.65. The fourth-order valence-corrected chi connectivity index (χ4v) is 2.83. The molecule has 1 aliphatic heterocycles. The monoisotopic (exact) mass is 282 g/mol. The molecule has 0 aliphatic carbocycles. The van der Waals surface area contributed by atoms with Crippen LogP contribution in [0, 0.1) is 11.3 Å². The largest absolute Gasteiger partial charge is 0.336 e. The van der Waals surface area contributed by atoms with Crippen molar-refractivity contribution < 1.29 is 4.79 Å². The lowest BCUT2D eigenvalue weighted by Gasteiger charge is -2.48. The summed E-state index contributed by atoms with van der Waals surface area (Å²) in [6.45, 7) is 0.225. The maximum Gasteiger partial charge on any atom is 0.216 e. The molecule has 0 radical (unpaired) electrons. The molecule has 1 unspecified atom stereocenters. The Bertz CT molecular complexity index is 708. The molecule has 1 saturated heterocycles. The number of para-hydroxylation sites is 1. The molecule has 20 heavy (non-hydrogen) atoms. The average Bonchev–Trinajstić information content (AvgIpc) is 2.48. The summed E-state index contributed by atoms with van der Waals surface area (Å²) >= 11 is 6.19. The maximum absolute atomic E-state index is 12.2. The lowest BCUT2D eigenvalue weighted by molar-refractivity contribution is -0.126. The van der Waals surface area contributed by atoms with Crippen LogP contribution in [0.15, 0.2) is 54.6 Å². The van der Waals surface area contributed by atoms with Crippen LogP contribution in [0.2, 0.25) is 5.02 Å². The number of hydrogen-bond acceptors (Lipinski definition) is 3. The lowest BCUT2D eigenvalue weighted by atomic mass is 9.77. The topological polar surface area (TPSA) is 44.1 Å². The zero-order chi connectivity index (χ0) is 14.2. The molecule has 0 amide bonds. The molecule has 3 rings (SSSR count). The van der Waals surface area contributed by atoms with E-state index in [1.807, 2.05) is 30.3 Å². The van der Waals surface area contributed by atoms with Crippen molar-refractivity contribution in [2.75, 3.05) is 11.4 Å². The minimum atomic E-state index is -1.31. The number of rotatable bonds is 2. The van der Waals surface area contributed by atoms with E-state index in [1.165, 1.54) is 0 Å². The van der Waals surface area contributed by atoms with Crippen molar-refractivity contribution in [1.29, 1.82) is 5.26 Å². The number of hydrogen-bond donors (Lipinski definition) is 0. The molecule has 0 aromatic heterocycles. The quantitative estimate of drug-likeness (QED) is 0.850. The summed E-state index contributed by atoms with van der Waals surface area (Å²) in [4.78, 5) is 14.0. The molecule has 1 heterocycles. The van der Waals surface area contributed by atoms with Gasteiger partial charge in [-0.2, -0.15) is 5.26 Å². The van der Waals surface area contributed by atoms with Crippen LogP contribution in [0.4, 0.5) is 5.69 Å². The van der Waals surface area contributed by atoms with Crippen molar-refractivity contribution in [2.45, 2.75) is 5.54 Å². The first-order chi connectivity index (χ1) is 9.70. The highest BCUT2D eigenvalue weighted by Gasteiger charge is 2.56. The Kier molecular flexibility index (Phi) is 2.96. The number of ketones is 1. The average molecular weight is 283 g/mol. The van der Waals surface area contributed by atoms with Gasteiger partial charge in [0.15, 0.2) is 5.78 Å². The number of nitrogens with zero attached hydrogens (tertiary/aromatic N) is 2. The Hall–Kier alpha value is -2.31. The standard InChI is InChI=1S/C16H11ClN2O/c17-14-9-5-4-8-13(14)16(11-18)15(20)10-19(16)12-6-2-1-3-7-12/h1-9H,10H2. The van der Waals surface area contributed by atoms with E-state index < -0.39 is 5.54 Å². The third-order valence-corrected chi connectivity index (χ3v) is 3.93. The number of carbonyl (C=O) groups is 1. The summed E-state index contributed by atoms with van der Waals surface area (Å²) in [6.07, 6.45) is 0. The van der Waals surface area contributed by atoms with Gasteiger partial charge in [0.25, 0.3) is 0 Å². The van der Waals surface area contributed by atoms with E-state index in [2.05, 4.69) is 6.07 Å². The summed E-state index contributed by atoms with van der Waals surface area (Å²) < 4.78 is 0. The number of Topliss-reactive ketones (excluding diaryl/α,β-unsaturated/α-hetero) is 1. The Morgan fingerprint density at radius 2 is 1.75 bits per heavy atom. The predicted octanol–water partition coefficient (Wildman–Crippen LogP) is 3.15. The summed E-state index contributed by atoms with van der Waals surface area (Å²) in [6, 6.07) is 18.6. The van der Waals surface area contributed by atoms with E-state index in [0.29, 0.717) is 10.6 Å². The van der Waals surface area contributed by atoms with Crippen molar-refractivity contribution in [3.63, 3.8) is 0 Å². The Labute approximate surface area is 122 Å². The van der Waals surface area contributed by atoms with Gasteiger partial charge in [-0.3, -0.25) is 4.79 Å². The number of anilines is 1. The minimum absolute atomic E-state index is 0.128. The van der Waals surface area contributed by atoms with E-state index in [1.54, 1.807) is 29.2 Å². The normalized spacial score (nSPS) is 21.2. The Balaban J connectivity index is 2.15. The molecule has 98 valence electrons. The molecule has 4 heteroatoms. The highest BCUT2D eigenvalue weighted by Crippen LogP contribution is 2.43. The van der Waals surface area contributed by atoms with Gasteiger partial charge in [-0.25, -0.2) is 0 Å². The van der Waals surface area contributed by atoms with Crippen LogP contribution in [0.5, 0.6) is 0 Å². The van der Waals surface area contributed by atoms with Crippen LogP contribution in [-0.2, 0) is 10.3 Å². The molecule has 1 atom stereocenters. The van der Waals surface area contributed by atoms with Gasteiger partial charge in [0.1, 0.15) is 6.07 Å². The number of carbonyl (C=O) groups excluding carboxylic acids is 1. The molecule has 2 aromatic rings. The SMILES string of the molecule is N#CC1(c2ccccc2Cl)C(=O)CN1c1ccccc1. The first-order valence-corrected chi connectivity index (χ1v) is 6.60. The molecule has 0 bridgehead atoms. The fourth-order valence-electron chi connectivity index (χ4n) is 2.56. The number of nitriles is 1. The second-order valence-corrected chi connectivity index (χ2v) is 5.05. The van der Waals surface area contributed by atoms with Gasteiger partial charge in [0.05, 0.1) is 6.54 Å². The molecular formula is C16H11ClN2O. The molecule has 0 spiro atoms. The van der Waals surface area contributed by atoms with E-state index in [9.17, 15) is 10.1 Å². The van der Waals surface area contributed by atoms with Gasteiger partial charge in [-0.1, -0.05) is 48.0 Å². The van der Waals surface area contributed by atoms with Crippen molar-refractivity contribution in [3.8, 4) is 6.07 Å². The highest BCUT2D eigenvalue weighted by atomic mass is 35.5. The summed E-state index contributed by atoms with van der Waals surface area (Å²) in [5, 5.41) is 10.1. The van der Waals surface area contributed by atoms with Gasteiger partial charge in [-0.15, -0.1) is 0 Å². The van der Waals surface area contributed by atoms with Crippen LogP contribution in [-0.4, -0.2) is 12.3 Å². The van der Waals surface area contributed by atoms with Gasteiger partial charge in [0.2, 0.25) is 5.54 Å². The van der Waals surface area contributed by atoms with Gasteiger partial charge in [0, 0.05) is 16.3 Å². The second kappa shape index (κ2) is 4.66. The van der Waals surface area contributed by atoms with Crippen LogP contribution in [0.3, 0.4) is 0 Å². The van der Waals surface area contributed by atoms with Crippen LogP contribution < -0.4 is 4.90 Å². The van der Waals surface area contributed by atoms with Crippen molar-refractivity contribution >= 4 is 23.1 Å². The van der Waals surface area contributed by atoms with E-state index in [4.69, 9.17) is 11.6 Å². The van der Waals surface area contributed by atoms with Crippen LogP contribution in [0.25, 0.3) is 0 Å². The smallest absolute Gasteiger partial charge is 0.216 e. The molecular weight excluding hydrogens is 272 g/mol. The van der Waals surface area contributed by atoms with Gasteiger partial charge < -0.3 is 4.90 Å². The highest BCUT2D eigenvalue weighted by molar-refractivity contribution is 6.32. The fraction of sp³-hybridized carbons (Fsp3) is 0.125. The third kappa shape index (κ3) is 1.62. The second-order valence-electron chi connectivity index (χ2n) is 4.65. The van der Waals surface area contributed by atoms with Crippen LogP contribution in [0.1, 0.15) is 5.56 Å². The summed E-state index contributed by atoms with van der Waals surface area (Å²) in [5.41, 5.74) is 0.0810. The van der Waals surface area contributed by atoms with Crippen LogP contribution >= 0.6 is 11.6 Å². The molecule has 3 nitrogen and oxygen atoms in total. The zero-order valence-electron chi connectivity index (χ0n) is 10.6. The maximum atomic E-state index is 12.2. The third-order valence-electron chi connectivity index (χ3n) is 3.60. The summed E-state index contributed by atoms with van der Waals surface area (Å²) in [7, 11) is 0. The van der Waals surface area contributed by atoms with E-state index in [-0.39, 0.29) is 12.3 Å². The molecule has 1 fully saturated rings. The minimum Gasteiger partial charge on any atom is -0.336 e. The van der Waals surface area contributed by atoms with Gasteiger partial charge in [-0.05, 0) is 18.2 Å². The first-order valence-electron chi connectivity index (χ1n) is 6.22. The number of halogens is 1. The molecule has 0 saturated carbocycles. The van der Waals surface area contributed by atoms with Crippen molar-refractivity contribution in [1.82, 2.24) is 0 Å². The number of benzene rings is 2. The Morgan fingerprint density at radius 1 is 1.10 bits per heavy atom. The molecule has 0 N–H and O–H groups in total. The predicted molar refractivity (Wildman–Crippen MR) is 77.5 cm³/mol. The summed E-state index contributed by atoms with van der Waals surface area (Å²) in [5.74, 6) is -0.128. The van der Waals surface area contributed by atoms with Gasteiger partial charge >= 0.3 is 0 Å². The van der Waals surface area contributed by atoms with Crippen molar-refractivity contribution in [3.05, 3.63) is 65.2 Å². The van der Waals surface area contributed by atoms with E-state index >= 15 is 0 Å². The Morgan fingerprint density at radius 3 is 2.35 bits per heavy atom.